The van der Waals surface area contributed by atoms with Gasteiger partial charge in [0.15, 0.2) is 23.1 Å². The summed E-state index contributed by atoms with van der Waals surface area (Å²) < 4.78 is 124. The first-order valence-electron chi connectivity index (χ1n) is 29.6. The molecule has 8 aromatic rings. The lowest BCUT2D eigenvalue weighted by Crippen LogP contribution is -2.33. The maximum atomic E-state index is 14.3. The Bertz CT molecular complexity index is 4620. The number of rotatable bonds is 6. The summed E-state index contributed by atoms with van der Waals surface area (Å²) in [5.41, 5.74) is 18.4. The number of hydrogen-bond donors (Lipinski definition) is 6. The summed E-state index contributed by atoms with van der Waals surface area (Å²) in [4.78, 5) is 53.2. The number of aryl methyl sites for hydroxylation is 1. The van der Waals surface area contributed by atoms with E-state index in [2.05, 4.69) is 9.97 Å². The van der Waals surface area contributed by atoms with E-state index in [9.17, 15) is 40.0 Å². The van der Waals surface area contributed by atoms with Gasteiger partial charge in [-0.2, -0.15) is 0 Å². The highest BCUT2D eigenvalue weighted by atomic mass is 35.5. The van der Waals surface area contributed by atoms with E-state index in [1.165, 1.54) is 51.9 Å². The van der Waals surface area contributed by atoms with Crippen molar-refractivity contribution in [1.29, 1.82) is 19.1 Å². The predicted molar refractivity (Wildman–Crippen MR) is 376 cm³/mol. The summed E-state index contributed by atoms with van der Waals surface area (Å²) in [7, 11) is -6.26. The number of carbonyl (C=O) groups excluding carboxylic acids is 3. The molecule has 4 unspecified atom stereocenters. The van der Waals surface area contributed by atoms with E-state index in [0.717, 1.165) is 34.4 Å². The highest BCUT2D eigenvalue weighted by Gasteiger charge is 2.30. The summed E-state index contributed by atoms with van der Waals surface area (Å²) >= 11 is 12.5. The van der Waals surface area contributed by atoms with E-state index in [0.29, 0.717) is 48.4 Å². The van der Waals surface area contributed by atoms with Gasteiger partial charge in [-0.3, -0.25) is 9.59 Å². The van der Waals surface area contributed by atoms with Crippen molar-refractivity contribution < 1.29 is 54.2 Å². The van der Waals surface area contributed by atoms with Crippen LogP contribution in [0.3, 0.4) is 0 Å². The van der Waals surface area contributed by atoms with Crippen LogP contribution in [0.2, 0.25) is 10.0 Å². The first-order valence-corrected chi connectivity index (χ1v) is 38.2. The van der Waals surface area contributed by atoms with Crippen LogP contribution < -0.4 is 20.9 Å². The number of pyridine rings is 2. The predicted octanol–water partition coefficient (Wildman–Crippen LogP) is 14.9. The Balaban J connectivity index is 0.000000195. The van der Waals surface area contributed by atoms with E-state index in [4.69, 9.17) is 68.0 Å². The highest BCUT2D eigenvalue weighted by molar-refractivity contribution is 7.92. The second-order valence-electron chi connectivity index (χ2n) is 24.5. The Labute approximate surface area is 575 Å². The molecule has 0 radical (unpaired) electrons. The second-order valence-corrected chi connectivity index (χ2v) is 33.9. The molecule has 0 saturated carbocycles. The summed E-state index contributed by atoms with van der Waals surface area (Å²) in [6.07, 6.45) is 6.58. The number of carbonyl (C=O) groups is 3. The molecule has 3 amide bonds. The summed E-state index contributed by atoms with van der Waals surface area (Å²) in [5, 5.41) is -0.389. The number of amides is 3. The summed E-state index contributed by atoms with van der Waals surface area (Å²) in [6, 6.07) is 32.5. The van der Waals surface area contributed by atoms with Crippen LogP contribution in [0, 0.1) is 37.7 Å². The minimum absolute atomic E-state index is 0.109. The molecule has 10 rings (SSSR count). The third kappa shape index (κ3) is 19.1. The van der Waals surface area contributed by atoms with Gasteiger partial charge in [-0.1, -0.05) is 65.2 Å². The van der Waals surface area contributed by atoms with Crippen molar-refractivity contribution in [2.75, 3.05) is 57.6 Å². The van der Waals surface area contributed by atoms with Gasteiger partial charge in [0.2, 0.25) is 0 Å². The normalized spacial score (nSPS) is 16.8. The van der Waals surface area contributed by atoms with E-state index in [1.54, 1.807) is 132 Å². The Hall–Kier alpha value is -8.73. The number of nitrogen functional groups attached to an aromatic ring is 2. The molecular formula is C68H77Cl2F2N11O10S4. The smallest absolute Gasteiger partial charge is 0.410 e. The second kappa shape index (κ2) is 29.9. The van der Waals surface area contributed by atoms with Crippen LogP contribution in [0.15, 0.2) is 153 Å². The number of ether oxygens (including phenoxy) is 3. The molecule has 0 fully saturated rings. The molecule has 6 atom stereocenters. The SMILES string of the molecule is CN(Cc1ccc(S(C)(=N)=O)cc1)C(=O)OC(C)(C)C.C[C@H]1Oc2cc(cnc2N)-c2cc(S(C)(=N)=O)ccc2CN(C)C(=O)c2ccc(F)c(Cl)c21.C[C@H]1Oc2cc(cnc2N)-c2cc(S(C)(=N)=O)ccc2CN(C)C(=O)c2ccc(F)c(Cl)c21.Cc1ccc(S(C)(=N)=O)cc1. The molecule has 21 nitrogen and oxygen atoms in total. The van der Waals surface area contributed by atoms with Gasteiger partial charge in [-0.05, 0) is 154 Å². The topological polar surface area (TPSA) is 330 Å². The minimum Gasteiger partial charge on any atom is -0.482 e. The maximum Gasteiger partial charge on any atom is 0.410 e. The number of nitrogens with two attached hydrogens (primary N) is 2. The summed E-state index contributed by atoms with van der Waals surface area (Å²) in [6.45, 7) is 11.5. The Morgan fingerprint density at radius 2 is 0.948 bits per heavy atom. The van der Waals surface area contributed by atoms with Crippen LogP contribution in [0.25, 0.3) is 22.3 Å². The number of nitrogens with zero attached hydrogens (tertiary/aromatic N) is 5. The molecule has 8 N–H and O–H groups in total. The number of fused-ring (bicyclic) bond motifs is 10. The van der Waals surface area contributed by atoms with Crippen LogP contribution in [0.4, 0.5) is 25.2 Å². The van der Waals surface area contributed by atoms with Crippen molar-refractivity contribution in [3.05, 3.63) is 200 Å². The number of benzene rings is 6. The molecule has 6 aromatic carbocycles. The maximum absolute atomic E-state index is 14.3. The number of aromatic nitrogens is 2. The van der Waals surface area contributed by atoms with Gasteiger partial charge in [0.05, 0.1) is 49.0 Å². The Kier molecular flexibility index (Phi) is 23.4. The molecule has 29 heteroatoms. The van der Waals surface area contributed by atoms with Crippen molar-refractivity contribution in [3.8, 4) is 33.8 Å². The van der Waals surface area contributed by atoms with Crippen LogP contribution in [-0.4, -0.2) is 111 Å². The lowest BCUT2D eigenvalue weighted by Gasteiger charge is -2.26. The van der Waals surface area contributed by atoms with Crippen molar-refractivity contribution in [2.45, 2.75) is 98.6 Å². The number of nitrogens with one attached hydrogen (secondary N) is 4. The fourth-order valence-corrected chi connectivity index (χ4v) is 13.3. The summed E-state index contributed by atoms with van der Waals surface area (Å²) in [5.74, 6) is -1.39. The molecule has 0 spiro atoms. The monoisotopic (exact) mass is 1440 g/mol. The molecule has 2 aliphatic rings. The Morgan fingerprint density at radius 1 is 0.598 bits per heavy atom. The average Bonchev–Trinajstić information content (AvgIpc) is 0.794. The largest absolute Gasteiger partial charge is 0.482 e. The molecule has 4 heterocycles. The molecule has 516 valence electrons. The van der Waals surface area contributed by atoms with Crippen LogP contribution >= 0.6 is 23.2 Å². The van der Waals surface area contributed by atoms with E-state index in [1.807, 2.05) is 39.8 Å². The molecule has 4 bridgehead atoms. The first kappa shape index (κ1) is 75.6. The fraction of sp³-hybridized carbons (Fsp3) is 0.279. The lowest BCUT2D eigenvalue weighted by atomic mass is 9.98. The number of anilines is 2. The van der Waals surface area contributed by atoms with Gasteiger partial charge < -0.3 is 40.4 Å². The van der Waals surface area contributed by atoms with Crippen molar-refractivity contribution >= 4 is 91.7 Å². The zero-order valence-corrected chi connectivity index (χ0v) is 60.4. The van der Waals surface area contributed by atoms with E-state index >= 15 is 0 Å². The van der Waals surface area contributed by atoms with E-state index in [-0.39, 0.29) is 86.4 Å². The zero-order chi connectivity index (χ0) is 72.2. The van der Waals surface area contributed by atoms with Crippen LogP contribution in [0.5, 0.6) is 11.5 Å². The molecule has 0 saturated heterocycles. The van der Waals surface area contributed by atoms with Crippen LogP contribution in [0.1, 0.15) is 101 Å². The molecule has 2 aliphatic heterocycles. The number of hydrogen-bond acceptors (Lipinski definition) is 18. The van der Waals surface area contributed by atoms with Gasteiger partial charge in [0.25, 0.3) is 11.8 Å². The molecule has 2 aromatic heterocycles. The van der Waals surface area contributed by atoms with Gasteiger partial charge in [0.1, 0.15) is 29.4 Å². The van der Waals surface area contributed by atoms with Gasteiger partial charge in [-0.15, -0.1) is 0 Å². The fourth-order valence-electron chi connectivity index (χ4n) is 10.00. The van der Waals surface area contributed by atoms with Crippen molar-refractivity contribution in [2.24, 2.45) is 0 Å². The van der Waals surface area contributed by atoms with Gasteiger partial charge in [-0.25, -0.2) is 59.5 Å². The minimum atomic E-state index is -2.98. The van der Waals surface area contributed by atoms with Crippen LogP contribution in [-0.2, 0) is 63.3 Å². The molecule has 97 heavy (non-hydrogen) atoms. The first-order chi connectivity index (χ1) is 44.9. The highest BCUT2D eigenvalue weighted by Crippen LogP contribution is 2.41. The van der Waals surface area contributed by atoms with E-state index < -0.39 is 68.4 Å². The molecule has 0 aliphatic carbocycles. The third-order valence-electron chi connectivity index (χ3n) is 15.1. The average molecular weight is 1450 g/mol. The van der Waals surface area contributed by atoms with Gasteiger partial charge >= 0.3 is 6.09 Å². The molecular weight excluding hydrogens is 1370 g/mol. The van der Waals surface area contributed by atoms with Crippen molar-refractivity contribution in [3.63, 3.8) is 0 Å². The quantitative estimate of drug-likeness (QED) is 0.0902. The standard InChI is InChI=1S/2C23H22ClFN4O3S.C14H22N2O3S.C8H11NOS/c2*1-12-20-16(6-7-18(25)21(20)24)23(30)29(2)11-13-4-5-15(33(3,27)31)9-17(13)14-8-19(32-12)22(26)28-10-14;1-14(2,3)19-13(17)16(4)10-11-6-8-12(9-7-11)20(5,15)18;1-7-3-5-8(6-4-7)11(2,9)10/h2*4-10,12,27H,11H2,1-3H3,(H2,26,28);6-9,15H,10H2,1-5H3;3-6,9H,1-2H3/t2*12-,33?;;/m11../s1. The number of halogens is 4. The third-order valence-corrected chi connectivity index (χ3v) is 20.5. The van der Waals surface area contributed by atoms with Gasteiger partial charge in [0, 0.05) is 131 Å². The zero-order valence-electron chi connectivity index (χ0n) is 55.6. The Morgan fingerprint density at radius 3 is 1.30 bits per heavy atom. The van der Waals surface area contributed by atoms with Crippen molar-refractivity contribution in [1.82, 2.24) is 24.7 Å². The lowest BCUT2D eigenvalue weighted by molar-refractivity contribution is 0.0284.